The minimum absolute atomic E-state index is 0.0399. The second kappa shape index (κ2) is 8.35. The van der Waals surface area contributed by atoms with Crippen LogP contribution >= 0.6 is 0 Å². The molecule has 3 rings (SSSR count). The zero-order chi connectivity index (χ0) is 19.2. The van der Waals surface area contributed by atoms with Gasteiger partial charge in [-0.25, -0.2) is 0 Å². The molecule has 140 valence electrons. The molecule has 0 bridgehead atoms. The first kappa shape index (κ1) is 18.4. The maximum Gasteiger partial charge on any atom is 0.251 e. The summed E-state index contributed by atoms with van der Waals surface area (Å²) in [6.07, 6.45) is 0.0399. The van der Waals surface area contributed by atoms with Crippen LogP contribution in [0.3, 0.4) is 0 Å². The summed E-state index contributed by atoms with van der Waals surface area (Å²) in [6, 6.07) is 14.3. The van der Waals surface area contributed by atoms with Gasteiger partial charge >= 0.3 is 0 Å². The third-order valence-electron chi connectivity index (χ3n) is 3.68. The number of rotatable bonds is 7. The number of benzene rings is 2. The number of carbonyl (C=O) groups excluding carboxylic acids is 1. The fraction of sp³-hybridized carbons (Fsp3) is 0.250. The van der Waals surface area contributed by atoms with Crippen molar-refractivity contribution in [2.24, 2.45) is 0 Å². The molecule has 0 atom stereocenters. The van der Waals surface area contributed by atoms with Gasteiger partial charge < -0.3 is 19.3 Å². The normalized spacial score (nSPS) is 10.7. The van der Waals surface area contributed by atoms with Crippen molar-refractivity contribution in [3.63, 3.8) is 0 Å². The second-order valence-corrected chi connectivity index (χ2v) is 6.12. The molecule has 0 aliphatic carbocycles. The first-order valence-corrected chi connectivity index (χ1v) is 8.57. The molecular weight excluding hydrogens is 346 g/mol. The standard InChI is InChI=1S/C20H21N3O4/c1-13(2)26-17-6-4-5-15(11-17)20(24)21-12-18-22-19(23-27-18)14-7-9-16(25-3)10-8-14/h4-11,13H,12H2,1-3H3,(H,21,24). The SMILES string of the molecule is COc1ccc(-c2noc(CNC(=O)c3cccc(OC(C)C)c3)n2)cc1. The van der Waals surface area contributed by atoms with Crippen molar-refractivity contribution in [1.29, 1.82) is 0 Å². The molecule has 0 saturated heterocycles. The van der Waals surface area contributed by atoms with E-state index in [1.165, 1.54) is 0 Å². The molecule has 0 unspecified atom stereocenters. The monoisotopic (exact) mass is 367 g/mol. The van der Waals surface area contributed by atoms with E-state index in [0.717, 1.165) is 11.3 Å². The van der Waals surface area contributed by atoms with Gasteiger partial charge in [0.25, 0.3) is 5.91 Å². The molecule has 0 radical (unpaired) electrons. The Bertz CT molecular complexity index is 904. The lowest BCUT2D eigenvalue weighted by atomic mass is 10.2. The fourth-order valence-electron chi connectivity index (χ4n) is 2.42. The molecule has 7 nitrogen and oxygen atoms in total. The highest BCUT2D eigenvalue weighted by Crippen LogP contribution is 2.20. The van der Waals surface area contributed by atoms with Crippen molar-refractivity contribution >= 4 is 5.91 Å². The lowest BCUT2D eigenvalue weighted by Gasteiger charge is -2.10. The Morgan fingerprint density at radius 3 is 2.63 bits per heavy atom. The van der Waals surface area contributed by atoms with Gasteiger partial charge in [0.15, 0.2) is 0 Å². The molecule has 0 aliphatic rings. The maximum absolute atomic E-state index is 12.3. The summed E-state index contributed by atoms with van der Waals surface area (Å²) < 4.78 is 15.9. The number of amides is 1. The Kier molecular flexibility index (Phi) is 5.71. The van der Waals surface area contributed by atoms with Gasteiger partial charge in [-0.05, 0) is 56.3 Å². The van der Waals surface area contributed by atoms with Gasteiger partial charge in [0.05, 0.1) is 19.8 Å². The largest absolute Gasteiger partial charge is 0.497 e. The van der Waals surface area contributed by atoms with Crippen molar-refractivity contribution in [3.8, 4) is 22.9 Å². The van der Waals surface area contributed by atoms with Crippen molar-refractivity contribution in [1.82, 2.24) is 15.5 Å². The van der Waals surface area contributed by atoms with Gasteiger partial charge in [0.1, 0.15) is 11.5 Å². The lowest BCUT2D eigenvalue weighted by molar-refractivity contribution is 0.0945. The summed E-state index contributed by atoms with van der Waals surface area (Å²) in [5.74, 6) is 1.93. The zero-order valence-corrected chi connectivity index (χ0v) is 15.4. The van der Waals surface area contributed by atoms with Crippen molar-refractivity contribution < 1.29 is 18.8 Å². The van der Waals surface area contributed by atoms with Gasteiger partial charge in [-0.2, -0.15) is 4.98 Å². The molecule has 27 heavy (non-hydrogen) atoms. The summed E-state index contributed by atoms with van der Waals surface area (Å²) in [5, 5.41) is 6.71. The minimum atomic E-state index is -0.242. The number of nitrogens with zero attached hydrogens (tertiary/aromatic N) is 2. The van der Waals surface area contributed by atoms with Gasteiger partial charge in [-0.1, -0.05) is 11.2 Å². The van der Waals surface area contributed by atoms with E-state index in [1.807, 2.05) is 44.2 Å². The van der Waals surface area contributed by atoms with E-state index in [0.29, 0.717) is 23.0 Å². The number of carbonyl (C=O) groups is 1. The lowest BCUT2D eigenvalue weighted by Crippen LogP contribution is -2.23. The molecule has 1 amide bonds. The van der Waals surface area contributed by atoms with Crippen LogP contribution in [0.2, 0.25) is 0 Å². The van der Waals surface area contributed by atoms with E-state index in [-0.39, 0.29) is 18.6 Å². The quantitative estimate of drug-likeness (QED) is 0.688. The molecule has 3 aromatic rings. The van der Waals surface area contributed by atoms with E-state index >= 15 is 0 Å². The third kappa shape index (κ3) is 4.84. The number of ether oxygens (including phenoxy) is 2. The summed E-state index contributed by atoms with van der Waals surface area (Å²) in [4.78, 5) is 16.6. The number of nitrogens with one attached hydrogen (secondary N) is 1. The van der Waals surface area contributed by atoms with Gasteiger partial charge in [-0.3, -0.25) is 4.79 Å². The summed E-state index contributed by atoms with van der Waals surface area (Å²) in [7, 11) is 1.61. The average Bonchev–Trinajstić information content (AvgIpc) is 3.15. The molecule has 0 saturated carbocycles. The molecule has 1 N–H and O–H groups in total. The van der Waals surface area contributed by atoms with Crippen LogP contribution < -0.4 is 14.8 Å². The van der Waals surface area contributed by atoms with E-state index in [9.17, 15) is 4.79 Å². The van der Waals surface area contributed by atoms with Gasteiger partial charge in [-0.15, -0.1) is 0 Å². The van der Waals surface area contributed by atoms with Crippen LogP contribution in [0.4, 0.5) is 0 Å². The predicted molar refractivity (Wildman–Crippen MR) is 99.7 cm³/mol. The topological polar surface area (TPSA) is 86.5 Å². The van der Waals surface area contributed by atoms with E-state index in [4.69, 9.17) is 14.0 Å². The number of methoxy groups -OCH3 is 1. The first-order valence-electron chi connectivity index (χ1n) is 8.57. The molecule has 2 aromatic carbocycles. The molecule has 0 fully saturated rings. The Morgan fingerprint density at radius 1 is 1.15 bits per heavy atom. The Morgan fingerprint density at radius 2 is 1.93 bits per heavy atom. The smallest absolute Gasteiger partial charge is 0.251 e. The molecule has 1 aromatic heterocycles. The van der Waals surface area contributed by atoms with Crippen molar-refractivity contribution in [2.45, 2.75) is 26.5 Å². The van der Waals surface area contributed by atoms with Crippen molar-refractivity contribution in [2.75, 3.05) is 7.11 Å². The number of hydrogen-bond donors (Lipinski definition) is 1. The zero-order valence-electron chi connectivity index (χ0n) is 15.4. The molecule has 7 heteroatoms. The molecule has 0 aliphatic heterocycles. The van der Waals surface area contributed by atoms with Gasteiger partial charge in [0.2, 0.25) is 11.7 Å². The number of aromatic nitrogens is 2. The summed E-state index contributed by atoms with van der Waals surface area (Å²) in [6.45, 7) is 4.00. The maximum atomic E-state index is 12.3. The average molecular weight is 367 g/mol. The first-order chi connectivity index (χ1) is 13.0. The Labute approximate surface area is 157 Å². The third-order valence-corrected chi connectivity index (χ3v) is 3.68. The summed E-state index contributed by atoms with van der Waals surface area (Å²) in [5.41, 5.74) is 1.30. The van der Waals surface area contributed by atoms with Crippen molar-refractivity contribution in [3.05, 3.63) is 60.0 Å². The highest BCUT2D eigenvalue weighted by molar-refractivity contribution is 5.94. The molecular formula is C20H21N3O4. The minimum Gasteiger partial charge on any atom is -0.497 e. The predicted octanol–water partition coefficient (Wildman–Crippen LogP) is 3.46. The number of hydrogen-bond acceptors (Lipinski definition) is 6. The Hall–Kier alpha value is -3.35. The second-order valence-electron chi connectivity index (χ2n) is 6.12. The van der Waals surface area contributed by atoms with Crippen LogP contribution in [0.15, 0.2) is 53.1 Å². The van der Waals surface area contributed by atoms with Crippen LogP contribution in [0.5, 0.6) is 11.5 Å². The van der Waals surface area contributed by atoms with Crippen LogP contribution in [-0.2, 0) is 6.54 Å². The van der Waals surface area contributed by atoms with Gasteiger partial charge in [0, 0.05) is 11.1 Å². The highest BCUT2D eigenvalue weighted by atomic mass is 16.5. The molecule has 0 spiro atoms. The fourth-order valence-corrected chi connectivity index (χ4v) is 2.42. The van der Waals surface area contributed by atoms with E-state index in [2.05, 4.69) is 15.5 Å². The highest BCUT2D eigenvalue weighted by Gasteiger charge is 2.12. The van der Waals surface area contributed by atoms with Crippen LogP contribution in [0.1, 0.15) is 30.1 Å². The van der Waals surface area contributed by atoms with E-state index < -0.39 is 0 Å². The van der Waals surface area contributed by atoms with Crippen LogP contribution in [-0.4, -0.2) is 29.3 Å². The van der Waals surface area contributed by atoms with Crippen LogP contribution in [0, 0.1) is 0 Å². The summed E-state index contributed by atoms with van der Waals surface area (Å²) >= 11 is 0. The Balaban J connectivity index is 1.61. The molecule has 1 heterocycles. The van der Waals surface area contributed by atoms with Crippen LogP contribution in [0.25, 0.3) is 11.4 Å². The van der Waals surface area contributed by atoms with E-state index in [1.54, 1.807) is 25.3 Å².